The van der Waals surface area contributed by atoms with E-state index in [1.165, 1.54) is 6.07 Å². The number of carbonyl (C=O) groups excluding carboxylic acids is 1. The maximum Gasteiger partial charge on any atom is 0.255 e. The van der Waals surface area contributed by atoms with Gasteiger partial charge in [-0.15, -0.1) is 12.4 Å². The van der Waals surface area contributed by atoms with Crippen molar-refractivity contribution in [3.8, 4) is 5.75 Å². The van der Waals surface area contributed by atoms with Crippen LogP contribution in [0.1, 0.15) is 23.2 Å². The number of aromatic hydroxyl groups is 1. The molecule has 1 unspecified atom stereocenters. The van der Waals surface area contributed by atoms with Crippen molar-refractivity contribution in [3.63, 3.8) is 0 Å². The molecule has 1 aromatic carbocycles. The minimum Gasteiger partial charge on any atom is -0.507 e. The Morgan fingerprint density at radius 3 is 2.78 bits per heavy atom. The predicted octanol–water partition coefficient (Wildman–Crippen LogP) is 2.04. The number of nitrogens with two attached hydrogens (primary N) is 1. The van der Waals surface area contributed by atoms with Gasteiger partial charge in [0.1, 0.15) is 5.75 Å². The molecule has 0 heterocycles. The molecule has 1 atom stereocenters. The summed E-state index contributed by atoms with van der Waals surface area (Å²) in [5.41, 5.74) is 5.90. The molecule has 0 aromatic heterocycles. The van der Waals surface area contributed by atoms with Crippen LogP contribution in [-0.4, -0.2) is 23.6 Å². The van der Waals surface area contributed by atoms with Crippen LogP contribution in [0.15, 0.2) is 22.7 Å². The van der Waals surface area contributed by atoms with Crippen molar-refractivity contribution in [1.82, 2.24) is 5.32 Å². The average molecular weight is 336 g/mol. The molecule has 1 aromatic rings. The van der Waals surface area contributed by atoms with Crippen LogP contribution in [0, 0.1) is 5.92 Å². The molecular formula is C12H16BrClN2O2. The first-order valence-electron chi connectivity index (χ1n) is 5.61. The maximum absolute atomic E-state index is 12.0. The van der Waals surface area contributed by atoms with Crippen LogP contribution in [-0.2, 0) is 0 Å². The summed E-state index contributed by atoms with van der Waals surface area (Å²) in [5.74, 6) is 0.210. The van der Waals surface area contributed by atoms with E-state index in [4.69, 9.17) is 5.73 Å². The minimum atomic E-state index is -0.272. The third-order valence-corrected chi connectivity index (χ3v) is 3.46. The Bertz CT molecular complexity index is 438. The van der Waals surface area contributed by atoms with E-state index in [0.717, 1.165) is 17.3 Å². The van der Waals surface area contributed by atoms with Crippen LogP contribution in [0.5, 0.6) is 5.75 Å². The topological polar surface area (TPSA) is 75.3 Å². The number of nitrogens with one attached hydrogen (secondary N) is 1. The molecule has 0 bridgehead atoms. The lowest BCUT2D eigenvalue weighted by Crippen LogP contribution is -2.41. The fourth-order valence-corrected chi connectivity index (χ4v) is 2.17. The lowest BCUT2D eigenvalue weighted by atomic mass is 10.1. The first-order chi connectivity index (χ1) is 8.11. The third-order valence-electron chi connectivity index (χ3n) is 2.96. The maximum atomic E-state index is 12.0. The van der Waals surface area contributed by atoms with Crippen LogP contribution in [0.25, 0.3) is 0 Å². The van der Waals surface area contributed by atoms with E-state index in [2.05, 4.69) is 21.2 Å². The molecule has 0 saturated heterocycles. The number of carbonyl (C=O) groups is 1. The molecule has 1 saturated carbocycles. The van der Waals surface area contributed by atoms with Crippen LogP contribution in [0.3, 0.4) is 0 Å². The SMILES string of the molecule is Cl.NCC(NC(=O)c1cc(Br)ccc1O)C1CC1. The zero-order valence-electron chi connectivity index (χ0n) is 9.73. The van der Waals surface area contributed by atoms with Gasteiger partial charge in [-0.3, -0.25) is 4.79 Å². The molecule has 0 aliphatic heterocycles. The second-order valence-corrected chi connectivity index (χ2v) is 5.23. The molecule has 2 rings (SSSR count). The lowest BCUT2D eigenvalue weighted by molar-refractivity contribution is 0.0930. The van der Waals surface area contributed by atoms with Crippen molar-refractivity contribution in [3.05, 3.63) is 28.2 Å². The summed E-state index contributed by atoms with van der Waals surface area (Å²) < 4.78 is 0.760. The highest BCUT2D eigenvalue weighted by Crippen LogP contribution is 2.32. The van der Waals surface area contributed by atoms with Crippen molar-refractivity contribution in [2.45, 2.75) is 18.9 Å². The van der Waals surface area contributed by atoms with Gasteiger partial charge in [-0.2, -0.15) is 0 Å². The van der Waals surface area contributed by atoms with E-state index in [9.17, 15) is 9.90 Å². The fraction of sp³-hybridized carbons (Fsp3) is 0.417. The highest BCUT2D eigenvalue weighted by molar-refractivity contribution is 9.10. The molecule has 1 fully saturated rings. The Hall–Kier alpha value is -0.780. The van der Waals surface area contributed by atoms with Gasteiger partial charge in [-0.05, 0) is 37.0 Å². The molecule has 0 radical (unpaired) electrons. The first-order valence-corrected chi connectivity index (χ1v) is 6.40. The van der Waals surface area contributed by atoms with E-state index >= 15 is 0 Å². The number of hydrogen-bond acceptors (Lipinski definition) is 3. The number of phenols is 1. The summed E-state index contributed by atoms with van der Waals surface area (Å²) in [5, 5.41) is 12.5. The van der Waals surface area contributed by atoms with Crippen LogP contribution >= 0.6 is 28.3 Å². The molecule has 100 valence electrons. The van der Waals surface area contributed by atoms with Gasteiger partial charge in [-0.25, -0.2) is 0 Å². The molecule has 1 aliphatic rings. The predicted molar refractivity (Wildman–Crippen MR) is 76.1 cm³/mol. The Morgan fingerprint density at radius 1 is 1.56 bits per heavy atom. The molecule has 4 nitrogen and oxygen atoms in total. The molecular weight excluding hydrogens is 320 g/mol. The van der Waals surface area contributed by atoms with Crippen molar-refractivity contribution in [2.24, 2.45) is 11.7 Å². The fourth-order valence-electron chi connectivity index (χ4n) is 1.80. The van der Waals surface area contributed by atoms with Crippen molar-refractivity contribution in [2.75, 3.05) is 6.54 Å². The van der Waals surface area contributed by atoms with E-state index < -0.39 is 0 Å². The normalized spacial score (nSPS) is 15.7. The second kappa shape index (κ2) is 6.41. The van der Waals surface area contributed by atoms with Crippen LogP contribution in [0.2, 0.25) is 0 Å². The third kappa shape index (κ3) is 3.60. The van der Waals surface area contributed by atoms with Gasteiger partial charge < -0.3 is 16.2 Å². The Kier molecular flexibility index (Phi) is 5.44. The molecule has 1 aliphatic carbocycles. The van der Waals surface area contributed by atoms with Gasteiger partial charge in [0.05, 0.1) is 5.56 Å². The average Bonchev–Trinajstić information content (AvgIpc) is 3.13. The van der Waals surface area contributed by atoms with Gasteiger partial charge in [0, 0.05) is 17.1 Å². The van der Waals surface area contributed by atoms with E-state index in [1.54, 1.807) is 12.1 Å². The summed E-state index contributed by atoms with van der Waals surface area (Å²) in [7, 11) is 0. The zero-order chi connectivity index (χ0) is 12.4. The Labute approximate surface area is 120 Å². The van der Waals surface area contributed by atoms with Gasteiger partial charge >= 0.3 is 0 Å². The standard InChI is InChI=1S/C12H15BrN2O2.ClH/c13-8-3-4-11(16)9(5-8)12(17)15-10(6-14)7-1-2-7;/h3-5,7,10,16H,1-2,6,14H2,(H,15,17);1H. The highest BCUT2D eigenvalue weighted by atomic mass is 79.9. The summed E-state index contributed by atoms with van der Waals surface area (Å²) in [4.78, 5) is 12.0. The number of benzene rings is 1. The summed E-state index contributed by atoms with van der Waals surface area (Å²) in [6.07, 6.45) is 2.24. The van der Waals surface area contributed by atoms with Crippen LogP contribution in [0.4, 0.5) is 0 Å². The largest absolute Gasteiger partial charge is 0.507 e. The minimum absolute atomic E-state index is 0. The monoisotopic (exact) mass is 334 g/mol. The summed E-state index contributed by atoms with van der Waals surface area (Å²) >= 11 is 3.27. The smallest absolute Gasteiger partial charge is 0.255 e. The number of phenolic OH excluding ortho intramolecular Hbond substituents is 1. The zero-order valence-corrected chi connectivity index (χ0v) is 12.1. The van der Waals surface area contributed by atoms with Crippen molar-refractivity contribution in [1.29, 1.82) is 0 Å². The van der Waals surface area contributed by atoms with Gasteiger partial charge in [-0.1, -0.05) is 15.9 Å². The number of halogens is 2. The summed E-state index contributed by atoms with van der Waals surface area (Å²) in [6.45, 7) is 0.436. The van der Waals surface area contributed by atoms with Crippen LogP contribution < -0.4 is 11.1 Å². The molecule has 18 heavy (non-hydrogen) atoms. The lowest BCUT2D eigenvalue weighted by Gasteiger charge is -2.16. The number of amides is 1. The highest BCUT2D eigenvalue weighted by Gasteiger charge is 2.31. The second-order valence-electron chi connectivity index (χ2n) is 4.31. The Morgan fingerprint density at radius 2 is 2.22 bits per heavy atom. The van der Waals surface area contributed by atoms with Gasteiger partial charge in [0.2, 0.25) is 0 Å². The van der Waals surface area contributed by atoms with Crippen molar-refractivity contribution < 1.29 is 9.90 Å². The number of rotatable bonds is 4. The van der Waals surface area contributed by atoms with E-state index in [1.807, 2.05) is 0 Å². The number of hydrogen-bond donors (Lipinski definition) is 3. The van der Waals surface area contributed by atoms with Gasteiger partial charge in [0.15, 0.2) is 0 Å². The van der Waals surface area contributed by atoms with Gasteiger partial charge in [0.25, 0.3) is 5.91 Å². The molecule has 4 N–H and O–H groups in total. The molecule has 0 spiro atoms. The van der Waals surface area contributed by atoms with E-state index in [-0.39, 0.29) is 35.7 Å². The molecule has 1 amide bonds. The molecule has 6 heteroatoms. The summed E-state index contributed by atoms with van der Waals surface area (Å²) in [6, 6.07) is 4.80. The first kappa shape index (κ1) is 15.3. The van der Waals surface area contributed by atoms with Crippen molar-refractivity contribution >= 4 is 34.2 Å². The Balaban J connectivity index is 0.00000162. The van der Waals surface area contributed by atoms with E-state index in [0.29, 0.717) is 12.5 Å². The quantitative estimate of drug-likeness (QED) is 0.788.